The van der Waals surface area contributed by atoms with Gasteiger partial charge in [-0.1, -0.05) is 0 Å². The molecular formula is C11H20N4O. The molecule has 5 nitrogen and oxygen atoms in total. The summed E-state index contributed by atoms with van der Waals surface area (Å²) in [6, 6.07) is 0.143. The van der Waals surface area contributed by atoms with E-state index in [0.29, 0.717) is 6.54 Å². The molecule has 1 rings (SSSR count). The van der Waals surface area contributed by atoms with Gasteiger partial charge in [0.05, 0.1) is 12.7 Å². The topological polar surface area (TPSA) is 50.2 Å². The summed E-state index contributed by atoms with van der Waals surface area (Å²) in [4.78, 5) is 13.0. The van der Waals surface area contributed by atoms with Crippen LogP contribution < -0.4 is 5.32 Å². The van der Waals surface area contributed by atoms with Crippen molar-refractivity contribution < 1.29 is 4.79 Å². The van der Waals surface area contributed by atoms with Crippen molar-refractivity contribution in [3.63, 3.8) is 0 Å². The maximum atomic E-state index is 11.4. The van der Waals surface area contributed by atoms with Crippen LogP contribution in [-0.2, 0) is 11.3 Å². The summed E-state index contributed by atoms with van der Waals surface area (Å²) in [6.45, 7) is 5.29. The number of amides is 1. The Balaban J connectivity index is 2.46. The molecule has 90 valence electrons. The molecule has 1 N–H and O–H groups in total. The van der Waals surface area contributed by atoms with Crippen LogP contribution in [0.2, 0.25) is 0 Å². The second kappa shape index (κ2) is 5.65. The fraction of sp³-hybridized carbons (Fsp3) is 0.636. The smallest absolute Gasteiger partial charge is 0.236 e. The Morgan fingerprint density at radius 1 is 1.62 bits per heavy atom. The maximum Gasteiger partial charge on any atom is 0.236 e. The summed E-state index contributed by atoms with van der Waals surface area (Å²) < 4.78 is 1.88. The van der Waals surface area contributed by atoms with Gasteiger partial charge in [0.25, 0.3) is 0 Å². The lowest BCUT2D eigenvalue weighted by molar-refractivity contribution is -0.127. The number of carbonyl (C=O) groups excluding carboxylic acids is 1. The SMILES string of the molecule is CCn1cc(C(C)NCC(=O)N(C)C)cn1. The molecule has 0 radical (unpaired) electrons. The summed E-state index contributed by atoms with van der Waals surface area (Å²) in [6.07, 6.45) is 3.83. The van der Waals surface area contributed by atoms with E-state index in [1.807, 2.05) is 30.9 Å². The molecule has 0 bridgehead atoms. The third-order valence-corrected chi connectivity index (χ3v) is 2.54. The number of aryl methyl sites for hydroxylation is 1. The zero-order valence-electron chi connectivity index (χ0n) is 10.4. The average Bonchev–Trinajstić information content (AvgIpc) is 2.73. The molecule has 0 aliphatic carbocycles. The summed E-state index contributed by atoms with van der Waals surface area (Å²) in [5.74, 6) is 0.0785. The van der Waals surface area contributed by atoms with Gasteiger partial charge in [-0.25, -0.2) is 0 Å². The van der Waals surface area contributed by atoms with Crippen molar-refractivity contribution in [1.82, 2.24) is 20.0 Å². The lowest BCUT2D eigenvalue weighted by Crippen LogP contribution is -2.34. The van der Waals surface area contributed by atoms with Gasteiger partial charge in [0.2, 0.25) is 5.91 Å². The lowest BCUT2D eigenvalue weighted by Gasteiger charge is -2.14. The van der Waals surface area contributed by atoms with Gasteiger partial charge >= 0.3 is 0 Å². The molecule has 0 fully saturated rings. The van der Waals surface area contributed by atoms with E-state index < -0.39 is 0 Å². The zero-order valence-corrected chi connectivity index (χ0v) is 10.4. The van der Waals surface area contributed by atoms with E-state index in [1.165, 1.54) is 0 Å². The number of nitrogens with zero attached hydrogens (tertiary/aromatic N) is 3. The third-order valence-electron chi connectivity index (χ3n) is 2.54. The Morgan fingerprint density at radius 3 is 2.81 bits per heavy atom. The normalized spacial score (nSPS) is 12.5. The Hall–Kier alpha value is -1.36. The van der Waals surface area contributed by atoms with Crippen LogP contribution in [0.4, 0.5) is 0 Å². The predicted octanol–water partition coefficient (Wildman–Crippen LogP) is 0.642. The van der Waals surface area contributed by atoms with Crippen LogP contribution in [0.5, 0.6) is 0 Å². The molecule has 0 saturated heterocycles. The first kappa shape index (κ1) is 12.7. The van der Waals surface area contributed by atoms with E-state index in [2.05, 4.69) is 10.4 Å². The number of hydrogen-bond acceptors (Lipinski definition) is 3. The maximum absolute atomic E-state index is 11.4. The molecule has 16 heavy (non-hydrogen) atoms. The molecule has 5 heteroatoms. The summed E-state index contributed by atoms with van der Waals surface area (Å²) in [5, 5.41) is 7.37. The van der Waals surface area contributed by atoms with Crippen LogP contribution in [-0.4, -0.2) is 41.2 Å². The highest BCUT2D eigenvalue weighted by atomic mass is 16.2. The van der Waals surface area contributed by atoms with Crippen molar-refractivity contribution in [2.24, 2.45) is 0 Å². The van der Waals surface area contributed by atoms with Gasteiger partial charge in [-0.15, -0.1) is 0 Å². The number of aromatic nitrogens is 2. The van der Waals surface area contributed by atoms with Crippen LogP contribution >= 0.6 is 0 Å². The van der Waals surface area contributed by atoms with Crippen LogP contribution in [0, 0.1) is 0 Å². The standard InChI is InChI=1S/C11H20N4O/c1-5-15-8-10(6-13-15)9(2)12-7-11(16)14(3)4/h6,8-9,12H,5,7H2,1-4H3. The molecule has 0 aliphatic rings. The van der Waals surface area contributed by atoms with Gasteiger partial charge in [0, 0.05) is 38.4 Å². The van der Waals surface area contributed by atoms with Crippen molar-refractivity contribution in [3.8, 4) is 0 Å². The Labute approximate surface area is 96.4 Å². The van der Waals surface area contributed by atoms with Crippen LogP contribution in [0.1, 0.15) is 25.5 Å². The number of likely N-dealkylation sites (N-methyl/N-ethyl adjacent to an activating group) is 1. The number of carbonyl (C=O) groups is 1. The Kier molecular flexibility index (Phi) is 4.49. The van der Waals surface area contributed by atoms with Crippen molar-refractivity contribution in [2.75, 3.05) is 20.6 Å². The molecule has 0 aromatic carbocycles. The molecule has 1 amide bonds. The fourth-order valence-corrected chi connectivity index (χ4v) is 1.29. The van der Waals surface area contributed by atoms with Gasteiger partial charge in [0.1, 0.15) is 0 Å². The Bertz CT molecular complexity index is 346. The zero-order chi connectivity index (χ0) is 12.1. The first-order valence-electron chi connectivity index (χ1n) is 5.50. The highest BCUT2D eigenvalue weighted by Gasteiger charge is 2.10. The van der Waals surface area contributed by atoms with E-state index in [9.17, 15) is 4.79 Å². The van der Waals surface area contributed by atoms with Crippen molar-refractivity contribution in [2.45, 2.75) is 26.4 Å². The molecule has 1 aromatic rings. The van der Waals surface area contributed by atoms with Crippen LogP contribution in [0.25, 0.3) is 0 Å². The van der Waals surface area contributed by atoms with Gasteiger partial charge < -0.3 is 10.2 Å². The minimum absolute atomic E-state index is 0.0785. The van der Waals surface area contributed by atoms with Crippen molar-refractivity contribution in [3.05, 3.63) is 18.0 Å². The van der Waals surface area contributed by atoms with E-state index in [-0.39, 0.29) is 11.9 Å². The number of nitrogens with one attached hydrogen (secondary N) is 1. The van der Waals surface area contributed by atoms with Crippen LogP contribution in [0.15, 0.2) is 12.4 Å². The highest BCUT2D eigenvalue weighted by molar-refractivity contribution is 5.77. The molecule has 0 spiro atoms. The highest BCUT2D eigenvalue weighted by Crippen LogP contribution is 2.10. The number of rotatable bonds is 5. The van der Waals surface area contributed by atoms with Gasteiger partial charge in [-0.05, 0) is 13.8 Å². The van der Waals surface area contributed by atoms with E-state index in [1.54, 1.807) is 19.0 Å². The van der Waals surface area contributed by atoms with Gasteiger partial charge in [-0.3, -0.25) is 9.48 Å². The second-order valence-corrected chi connectivity index (χ2v) is 4.02. The molecule has 0 aliphatic heterocycles. The fourth-order valence-electron chi connectivity index (χ4n) is 1.29. The first-order chi connectivity index (χ1) is 7.54. The monoisotopic (exact) mass is 224 g/mol. The lowest BCUT2D eigenvalue weighted by atomic mass is 10.2. The summed E-state index contributed by atoms with van der Waals surface area (Å²) in [5.41, 5.74) is 1.11. The minimum Gasteiger partial charge on any atom is -0.348 e. The van der Waals surface area contributed by atoms with E-state index in [0.717, 1.165) is 12.1 Å². The van der Waals surface area contributed by atoms with Crippen molar-refractivity contribution >= 4 is 5.91 Å². The molecule has 1 unspecified atom stereocenters. The minimum atomic E-state index is 0.0785. The van der Waals surface area contributed by atoms with Crippen molar-refractivity contribution in [1.29, 1.82) is 0 Å². The molecule has 1 atom stereocenters. The first-order valence-corrected chi connectivity index (χ1v) is 5.50. The molecular weight excluding hydrogens is 204 g/mol. The van der Waals surface area contributed by atoms with Crippen LogP contribution in [0.3, 0.4) is 0 Å². The largest absolute Gasteiger partial charge is 0.348 e. The average molecular weight is 224 g/mol. The second-order valence-electron chi connectivity index (χ2n) is 4.02. The molecule has 1 heterocycles. The van der Waals surface area contributed by atoms with E-state index >= 15 is 0 Å². The summed E-state index contributed by atoms with van der Waals surface area (Å²) >= 11 is 0. The molecule has 0 saturated carbocycles. The molecule has 1 aromatic heterocycles. The number of hydrogen-bond donors (Lipinski definition) is 1. The quantitative estimate of drug-likeness (QED) is 0.798. The Morgan fingerprint density at radius 2 is 2.31 bits per heavy atom. The van der Waals surface area contributed by atoms with Gasteiger partial charge in [-0.2, -0.15) is 5.10 Å². The summed E-state index contributed by atoms with van der Waals surface area (Å²) in [7, 11) is 3.51. The predicted molar refractivity (Wildman–Crippen MR) is 63.0 cm³/mol. The third kappa shape index (κ3) is 3.34. The van der Waals surface area contributed by atoms with Gasteiger partial charge in [0.15, 0.2) is 0 Å². The van der Waals surface area contributed by atoms with E-state index in [4.69, 9.17) is 0 Å².